The molecule has 0 fully saturated rings. The summed E-state index contributed by atoms with van der Waals surface area (Å²) in [5, 5.41) is 0. The molecule has 0 heterocycles. The van der Waals surface area contributed by atoms with E-state index >= 15 is 0 Å². The molecule has 0 aromatic heterocycles. The lowest BCUT2D eigenvalue weighted by molar-refractivity contribution is -0.139. The Hall–Kier alpha value is -1.43. The van der Waals surface area contributed by atoms with Gasteiger partial charge in [0.2, 0.25) is 0 Å². The van der Waals surface area contributed by atoms with Gasteiger partial charge in [-0.15, -0.1) is 0 Å². The monoisotopic (exact) mass is 432 g/mol. The van der Waals surface area contributed by atoms with Gasteiger partial charge in [0, 0.05) is 11.1 Å². The zero-order chi connectivity index (χ0) is 22.1. The normalized spacial score (nSPS) is 11.1. The first-order valence-electron chi connectivity index (χ1n) is 10.2. The van der Waals surface area contributed by atoms with Gasteiger partial charge >= 0.3 is 19.5 Å². The van der Waals surface area contributed by atoms with Crippen LogP contribution in [0.15, 0.2) is 24.3 Å². The Kier molecular flexibility index (Phi) is 15.6. The molecule has 0 rings (SSSR count). The molecule has 0 aromatic carbocycles. The second kappa shape index (κ2) is 16.4. The molecule has 0 aliphatic heterocycles. The van der Waals surface area contributed by atoms with Crippen molar-refractivity contribution < 1.29 is 32.7 Å². The quantitative estimate of drug-likeness (QED) is 0.127. The smallest absolute Gasteiger partial charge is 0.333 e. The fourth-order valence-corrected chi connectivity index (χ4v) is 3.87. The van der Waals surface area contributed by atoms with E-state index in [1.165, 1.54) is 0 Å². The second-order valence-electron chi connectivity index (χ2n) is 6.95. The Morgan fingerprint density at radius 2 is 1.14 bits per heavy atom. The molecule has 0 bridgehead atoms. The van der Waals surface area contributed by atoms with Crippen LogP contribution < -0.4 is 0 Å². The number of carbonyl (C=O) groups excluding carboxylic acids is 2. The second-order valence-corrected chi connectivity index (χ2v) is 9.14. The average molecular weight is 432 g/mol. The first kappa shape index (κ1) is 27.6. The largest absolute Gasteiger partial charge is 0.462 e. The maximum atomic E-state index is 12.9. The molecular formula is C21H37O7P. The van der Waals surface area contributed by atoms with E-state index in [0.29, 0.717) is 43.0 Å². The summed E-state index contributed by atoms with van der Waals surface area (Å²) in [6, 6.07) is 0. The van der Waals surface area contributed by atoms with E-state index in [4.69, 9.17) is 18.5 Å². The third kappa shape index (κ3) is 15.1. The van der Waals surface area contributed by atoms with Gasteiger partial charge in [0.05, 0.1) is 32.6 Å². The molecule has 0 atom stereocenters. The Labute approximate surface area is 175 Å². The Morgan fingerprint density at radius 1 is 0.724 bits per heavy atom. The van der Waals surface area contributed by atoms with Crippen molar-refractivity contribution in [2.24, 2.45) is 0 Å². The molecule has 7 nitrogen and oxygen atoms in total. The summed E-state index contributed by atoms with van der Waals surface area (Å²) in [5.41, 5.74) is 0.730. The van der Waals surface area contributed by atoms with Crippen LogP contribution >= 0.6 is 7.60 Å². The highest BCUT2D eigenvalue weighted by atomic mass is 31.2. The molecule has 0 radical (unpaired) electrons. The van der Waals surface area contributed by atoms with Gasteiger partial charge in [-0.3, -0.25) is 4.57 Å². The zero-order valence-corrected chi connectivity index (χ0v) is 19.1. The number of carbonyl (C=O) groups is 2. The summed E-state index contributed by atoms with van der Waals surface area (Å²) in [5.74, 6) is -0.818. The molecule has 0 saturated heterocycles. The van der Waals surface area contributed by atoms with Crippen LogP contribution in [-0.2, 0) is 32.7 Å². The Balaban J connectivity index is 4.14. The number of esters is 2. The van der Waals surface area contributed by atoms with E-state index in [0.717, 1.165) is 19.3 Å². The van der Waals surface area contributed by atoms with Gasteiger partial charge in [-0.05, 0) is 46.0 Å². The summed E-state index contributed by atoms with van der Waals surface area (Å²) < 4.78 is 34.1. The van der Waals surface area contributed by atoms with Crippen LogP contribution in [0.1, 0.15) is 65.7 Å². The maximum absolute atomic E-state index is 12.9. The lowest BCUT2D eigenvalue weighted by Gasteiger charge is -2.18. The van der Waals surface area contributed by atoms with Crippen LogP contribution in [0.5, 0.6) is 0 Å². The average Bonchev–Trinajstić information content (AvgIpc) is 2.67. The third-order valence-corrected chi connectivity index (χ3v) is 5.87. The van der Waals surface area contributed by atoms with Crippen molar-refractivity contribution in [3.8, 4) is 0 Å². The van der Waals surface area contributed by atoms with Crippen LogP contribution in [0.3, 0.4) is 0 Å². The molecule has 168 valence electrons. The van der Waals surface area contributed by atoms with Gasteiger partial charge in [0.25, 0.3) is 0 Å². The highest BCUT2D eigenvalue weighted by Gasteiger charge is 2.23. The van der Waals surface area contributed by atoms with Gasteiger partial charge < -0.3 is 18.5 Å². The number of unbranched alkanes of at least 4 members (excludes halogenated alkanes) is 4. The molecule has 0 aliphatic rings. The van der Waals surface area contributed by atoms with Crippen molar-refractivity contribution in [1.82, 2.24) is 0 Å². The van der Waals surface area contributed by atoms with Crippen molar-refractivity contribution in [2.75, 3.05) is 32.6 Å². The molecule has 0 amide bonds. The van der Waals surface area contributed by atoms with E-state index in [2.05, 4.69) is 20.1 Å². The standard InChI is InChI=1S/C21H37O7P/c1-6-7-12-17-29(24,27-15-10-8-13-25-20(22)18(2)3)28-16-11-9-14-26-21(23)19(4)5/h2,4,6-17H2,1,3,5H3. The molecule has 0 unspecified atom stereocenters. The lowest BCUT2D eigenvalue weighted by atomic mass is 10.3. The predicted octanol–water partition coefficient (Wildman–Crippen LogP) is 5.20. The minimum atomic E-state index is -3.16. The van der Waals surface area contributed by atoms with Crippen molar-refractivity contribution in [1.29, 1.82) is 0 Å². The third-order valence-electron chi connectivity index (χ3n) is 3.85. The highest BCUT2D eigenvalue weighted by Crippen LogP contribution is 2.49. The van der Waals surface area contributed by atoms with Crippen LogP contribution in [0, 0.1) is 0 Å². The minimum absolute atomic E-state index is 0.277. The maximum Gasteiger partial charge on any atom is 0.333 e. The van der Waals surface area contributed by atoms with E-state index in [1.807, 2.05) is 0 Å². The molecule has 8 heteroatoms. The first-order chi connectivity index (χ1) is 13.7. The van der Waals surface area contributed by atoms with E-state index in [1.54, 1.807) is 13.8 Å². The molecule has 29 heavy (non-hydrogen) atoms. The van der Waals surface area contributed by atoms with Gasteiger partial charge in [-0.25, -0.2) is 9.59 Å². The Morgan fingerprint density at radius 3 is 1.52 bits per heavy atom. The zero-order valence-electron chi connectivity index (χ0n) is 18.2. The minimum Gasteiger partial charge on any atom is -0.462 e. The van der Waals surface area contributed by atoms with E-state index in [-0.39, 0.29) is 26.4 Å². The molecule has 0 aliphatic carbocycles. The fourth-order valence-electron chi connectivity index (χ4n) is 2.11. The van der Waals surface area contributed by atoms with Crippen LogP contribution in [-0.4, -0.2) is 44.5 Å². The van der Waals surface area contributed by atoms with Crippen LogP contribution in [0.4, 0.5) is 0 Å². The van der Waals surface area contributed by atoms with Crippen LogP contribution in [0.25, 0.3) is 0 Å². The summed E-state index contributed by atoms with van der Waals surface area (Å²) in [7, 11) is -3.16. The molecule has 0 saturated carbocycles. The summed E-state index contributed by atoms with van der Waals surface area (Å²) >= 11 is 0. The number of rotatable bonds is 18. The van der Waals surface area contributed by atoms with Crippen molar-refractivity contribution in [3.05, 3.63) is 24.3 Å². The molecule has 0 aromatic rings. The molecule has 0 spiro atoms. The van der Waals surface area contributed by atoms with Crippen molar-refractivity contribution in [3.63, 3.8) is 0 Å². The van der Waals surface area contributed by atoms with Crippen LogP contribution in [0.2, 0.25) is 0 Å². The number of hydrogen-bond acceptors (Lipinski definition) is 7. The summed E-state index contributed by atoms with van der Waals surface area (Å²) in [4.78, 5) is 22.6. The molecule has 0 N–H and O–H groups in total. The van der Waals surface area contributed by atoms with Gasteiger partial charge in [-0.2, -0.15) is 0 Å². The SMILES string of the molecule is C=C(C)C(=O)OCCCCOP(=O)(CCCCC)OCCCCOC(=O)C(=C)C. The Bertz CT molecular complexity index is 529. The fraction of sp³-hybridized carbons (Fsp3) is 0.714. The topological polar surface area (TPSA) is 88.1 Å². The number of hydrogen-bond donors (Lipinski definition) is 0. The predicted molar refractivity (Wildman–Crippen MR) is 114 cm³/mol. The van der Waals surface area contributed by atoms with Crippen molar-refractivity contribution >= 4 is 19.5 Å². The van der Waals surface area contributed by atoms with Gasteiger partial charge in [0.1, 0.15) is 0 Å². The lowest BCUT2D eigenvalue weighted by Crippen LogP contribution is -2.08. The van der Waals surface area contributed by atoms with Gasteiger partial charge in [-0.1, -0.05) is 32.9 Å². The van der Waals surface area contributed by atoms with Crippen molar-refractivity contribution in [2.45, 2.75) is 65.7 Å². The van der Waals surface area contributed by atoms with E-state index < -0.39 is 19.5 Å². The van der Waals surface area contributed by atoms with E-state index in [9.17, 15) is 14.2 Å². The molecular weight excluding hydrogens is 395 g/mol. The summed E-state index contributed by atoms with van der Waals surface area (Å²) in [6.07, 6.45) is 5.59. The van der Waals surface area contributed by atoms with Gasteiger partial charge in [0.15, 0.2) is 0 Å². The number of ether oxygens (including phenoxy) is 2. The first-order valence-corrected chi connectivity index (χ1v) is 12.0. The highest BCUT2D eigenvalue weighted by molar-refractivity contribution is 7.53. The summed E-state index contributed by atoms with van der Waals surface area (Å²) in [6.45, 7) is 13.4.